The highest BCUT2D eigenvalue weighted by Gasteiger charge is 2.57. The predicted molar refractivity (Wildman–Crippen MR) is 73.0 cm³/mol. The highest BCUT2D eigenvalue weighted by Crippen LogP contribution is 2.55. The molecule has 1 aliphatic rings. The molecule has 3 N–H and O–H groups in total. The van der Waals surface area contributed by atoms with E-state index in [1.165, 1.54) is 11.0 Å². The molecular formula is C13H16NO5P. The van der Waals surface area contributed by atoms with E-state index in [9.17, 15) is 24.3 Å². The van der Waals surface area contributed by atoms with Gasteiger partial charge in [0.15, 0.2) is 0 Å². The highest BCUT2D eigenvalue weighted by atomic mass is 31.2. The lowest BCUT2D eigenvalue weighted by Gasteiger charge is -2.40. The van der Waals surface area contributed by atoms with Gasteiger partial charge in [0.2, 0.25) is 5.28 Å². The van der Waals surface area contributed by atoms with Gasteiger partial charge in [-0.2, -0.15) is 0 Å². The summed E-state index contributed by atoms with van der Waals surface area (Å²) in [5.74, 6) is -1.53. The molecule has 0 radical (unpaired) electrons. The van der Waals surface area contributed by atoms with Crippen LogP contribution in [-0.2, 0) is 15.9 Å². The molecule has 108 valence electrons. The molecule has 0 bridgehead atoms. The van der Waals surface area contributed by atoms with Gasteiger partial charge in [0.1, 0.15) is 0 Å². The third-order valence-electron chi connectivity index (χ3n) is 3.37. The summed E-state index contributed by atoms with van der Waals surface area (Å²) in [7, 11) is -4.88. The Hall–Kier alpha value is -1.46. The SMILES string of the molecule is O=C(O)C1(P(=O)(O)O)C=CCCN1Cc1ccccc1. The summed E-state index contributed by atoms with van der Waals surface area (Å²) in [6.07, 6.45) is 3.18. The van der Waals surface area contributed by atoms with E-state index in [1.807, 2.05) is 6.07 Å². The van der Waals surface area contributed by atoms with Gasteiger partial charge in [-0.15, -0.1) is 0 Å². The number of rotatable bonds is 4. The van der Waals surface area contributed by atoms with Crippen LogP contribution in [0.1, 0.15) is 12.0 Å². The van der Waals surface area contributed by atoms with Gasteiger partial charge in [-0.1, -0.05) is 36.4 Å². The van der Waals surface area contributed by atoms with E-state index in [-0.39, 0.29) is 13.1 Å². The molecule has 1 aromatic carbocycles. The van der Waals surface area contributed by atoms with Crippen molar-refractivity contribution in [1.82, 2.24) is 4.90 Å². The molecule has 0 fully saturated rings. The molecule has 0 aromatic heterocycles. The van der Waals surface area contributed by atoms with E-state index >= 15 is 0 Å². The first-order chi connectivity index (χ1) is 9.38. The molecule has 1 aromatic rings. The fraction of sp³-hybridized carbons (Fsp3) is 0.308. The summed E-state index contributed by atoms with van der Waals surface area (Å²) < 4.78 is 11.8. The number of carbonyl (C=O) groups is 1. The number of carboxylic acid groups (broad SMARTS) is 1. The maximum atomic E-state index is 11.8. The molecular weight excluding hydrogens is 281 g/mol. The van der Waals surface area contributed by atoms with E-state index in [0.29, 0.717) is 6.42 Å². The summed E-state index contributed by atoms with van der Waals surface area (Å²) in [6.45, 7) is 0.450. The van der Waals surface area contributed by atoms with Crippen LogP contribution in [0.25, 0.3) is 0 Å². The van der Waals surface area contributed by atoms with Crippen molar-refractivity contribution in [2.24, 2.45) is 0 Å². The van der Waals surface area contributed by atoms with Crippen LogP contribution in [0.4, 0.5) is 0 Å². The Morgan fingerprint density at radius 1 is 1.30 bits per heavy atom. The first-order valence-corrected chi connectivity index (χ1v) is 7.75. The Kier molecular flexibility index (Phi) is 4.11. The Bertz CT molecular complexity index is 567. The molecule has 0 saturated carbocycles. The molecule has 1 heterocycles. The zero-order valence-electron chi connectivity index (χ0n) is 10.7. The zero-order chi connectivity index (χ0) is 14.8. The molecule has 6 nitrogen and oxygen atoms in total. The molecule has 1 atom stereocenters. The first kappa shape index (κ1) is 14.9. The number of aliphatic carboxylic acids is 1. The summed E-state index contributed by atoms with van der Waals surface area (Å²) in [4.78, 5) is 32.0. The summed E-state index contributed by atoms with van der Waals surface area (Å²) in [6, 6.07) is 9.02. The summed E-state index contributed by atoms with van der Waals surface area (Å²) >= 11 is 0. The Balaban J connectivity index is 2.42. The van der Waals surface area contributed by atoms with Crippen molar-refractivity contribution in [2.45, 2.75) is 18.2 Å². The van der Waals surface area contributed by atoms with Crippen molar-refractivity contribution < 1.29 is 24.3 Å². The quantitative estimate of drug-likeness (QED) is 0.574. The van der Waals surface area contributed by atoms with Crippen molar-refractivity contribution in [2.75, 3.05) is 6.54 Å². The highest BCUT2D eigenvalue weighted by molar-refractivity contribution is 7.55. The van der Waals surface area contributed by atoms with Crippen LogP contribution in [0.15, 0.2) is 42.5 Å². The van der Waals surface area contributed by atoms with E-state index in [0.717, 1.165) is 11.6 Å². The normalized spacial score (nSPS) is 23.7. The minimum absolute atomic E-state index is 0.169. The van der Waals surface area contributed by atoms with Crippen molar-refractivity contribution >= 4 is 13.6 Å². The van der Waals surface area contributed by atoms with Crippen molar-refractivity contribution in [3.63, 3.8) is 0 Å². The van der Waals surface area contributed by atoms with Crippen molar-refractivity contribution in [1.29, 1.82) is 0 Å². The Labute approximate surface area is 116 Å². The van der Waals surface area contributed by atoms with Gasteiger partial charge in [-0.3, -0.25) is 9.46 Å². The third-order valence-corrected chi connectivity index (χ3v) is 4.88. The lowest BCUT2D eigenvalue weighted by molar-refractivity contribution is -0.145. The lowest BCUT2D eigenvalue weighted by atomic mass is 10.1. The Morgan fingerprint density at radius 2 is 1.95 bits per heavy atom. The standard InChI is InChI=1S/C13H16NO5P/c15-12(16)13(20(17,18)19)8-4-5-9-14(13)10-11-6-2-1-3-7-11/h1-4,6-8H,5,9-10H2,(H,15,16)(H2,17,18,19). The minimum atomic E-state index is -4.88. The average molecular weight is 297 g/mol. The van der Waals surface area contributed by atoms with Gasteiger partial charge in [-0.05, 0) is 18.1 Å². The van der Waals surface area contributed by atoms with E-state index < -0.39 is 18.8 Å². The van der Waals surface area contributed by atoms with Crippen LogP contribution in [0.5, 0.6) is 0 Å². The molecule has 0 spiro atoms. The van der Waals surface area contributed by atoms with Crippen molar-refractivity contribution in [3.05, 3.63) is 48.0 Å². The lowest BCUT2D eigenvalue weighted by Crippen LogP contribution is -2.54. The van der Waals surface area contributed by atoms with Crippen LogP contribution >= 0.6 is 7.60 Å². The topological polar surface area (TPSA) is 98.1 Å². The Morgan fingerprint density at radius 3 is 2.50 bits per heavy atom. The van der Waals surface area contributed by atoms with Crippen LogP contribution in [0, 0.1) is 0 Å². The van der Waals surface area contributed by atoms with Gasteiger partial charge >= 0.3 is 13.6 Å². The first-order valence-electron chi connectivity index (χ1n) is 6.13. The predicted octanol–water partition coefficient (Wildman–Crippen LogP) is 1.41. The second-order valence-electron chi connectivity index (χ2n) is 4.67. The number of carboxylic acids is 1. The summed E-state index contributed by atoms with van der Waals surface area (Å²) in [5, 5.41) is 7.11. The third kappa shape index (κ3) is 2.55. The minimum Gasteiger partial charge on any atom is -0.479 e. The van der Waals surface area contributed by atoms with Gasteiger partial charge in [0, 0.05) is 13.1 Å². The van der Waals surface area contributed by atoms with Crippen LogP contribution in [-0.4, -0.2) is 37.6 Å². The number of hydrogen-bond acceptors (Lipinski definition) is 3. The van der Waals surface area contributed by atoms with Gasteiger partial charge < -0.3 is 14.9 Å². The van der Waals surface area contributed by atoms with Crippen LogP contribution < -0.4 is 0 Å². The van der Waals surface area contributed by atoms with Crippen molar-refractivity contribution in [3.8, 4) is 0 Å². The maximum absolute atomic E-state index is 11.8. The smallest absolute Gasteiger partial charge is 0.361 e. The monoisotopic (exact) mass is 297 g/mol. The molecule has 20 heavy (non-hydrogen) atoms. The largest absolute Gasteiger partial charge is 0.479 e. The molecule has 0 saturated heterocycles. The van der Waals surface area contributed by atoms with Gasteiger partial charge in [-0.25, -0.2) is 4.79 Å². The zero-order valence-corrected chi connectivity index (χ0v) is 11.6. The number of hydrogen-bond donors (Lipinski definition) is 3. The van der Waals surface area contributed by atoms with Crippen LogP contribution in [0.3, 0.4) is 0 Å². The molecule has 7 heteroatoms. The fourth-order valence-corrected chi connectivity index (χ4v) is 3.46. The fourth-order valence-electron chi connectivity index (χ4n) is 2.37. The average Bonchev–Trinajstić information content (AvgIpc) is 2.39. The van der Waals surface area contributed by atoms with E-state index in [1.54, 1.807) is 24.3 Å². The maximum Gasteiger partial charge on any atom is 0.361 e. The number of benzene rings is 1. The molecule has 2 rings (SSSR count). The number of nitrogens with zero attached hydrogens (tertiary/aromatic N) is 1. The van der Waals surface area contributed by atoms with Gasteiger partial charge in [0.25, 0.3) is 0 Å². The molecule has 1 aliphatic heterocycles. The molecule has 1 unspecified atom stereocenters. The summed E-state index contributed by atoms with van der Waals surface area (Å²) in [5.41, 5.74) is 0.807. The van der Waals surface area contributed by atoms with Gasteiger partial charge in [0.05, 0.1) is 0 Å². The molecule has 0 aliphatic carbocycles. The van der Waals surface area contributed by atoms with E-state index in [2.05, 4.69) is 0 Å². The molecule has 0 amide bonds. The second kappa shape index (κ2) is 5.50. The van der Waals surface area contributed by atoms with Crippen LogP contribution in [0.2, 0.25) is 0 Å². The second-order valence-corrected chi connectivity index (χ2v) is 6.44. The van der Waals surface area contributed by atoms with E-state index in [4.69, 9.17) is 0 Å².